The van der Waals surface area contributed by atoms with Crippen LogP contribution in [0.5, 0.6) is 0 Å². The van der Waals surface area contributed by atoms with Crippen LogP contribution in [0.25, 0.3) is 0 Å². The van der Waals surface area contributed by atoms with E-state index in [4.69, 9.17) is 23.2 Å². The van der Waals surface area contributed by atoms with Gasteiger partial charge in [0.05, 0.1) is 23.6 Å². The molecule has 0 radical (unpaired) electrons. The van der Waals surface area contributed by atoms with Crippen LogP contribution in [0.15, 0.2) is 18.2 Å². The predicted molar refractivity (Wildman–Crippen MR) is 88.5 cm³/mol. The molecule has 0 atom stereocenters. The number of halogens is 2. The lowest BCUT2D eigenvalue weighted by molar-refractivity contribution is -0.140. The monoisotopic (exact) mass is 345 g/mol. The number of hydrogen-bond acceptors (Lipinski definition) is 3. The van der Waals surface area contributed by atoms with Gasteiger partial charge in [-0.15, -0.1) is 0 Å². The summed E-state index contributed by atoms with van der Waals surface area (Å²) in [6.45, 7) is 5.07. The molecule has 1 rings (SSSR count). The van der Waals surface area contributed by atoms with Crippen LogP contribution in [0.4, 0.5) is 0 Å². The molecule has 0 spiro atoms. The molecular formula is C16H21Cl2NO3. The van der Waals surface area contributed by atoms with Gasteiger partial charge < -0.3 is 9.64 Å². The third-order valence-corrected chi connectivity index (χ3v) is 3.98. The number of ether oxygens (including phenoxy) is 1. The summed E-state index contributed by atoms with van der Waals surface area (Å²) in [7, 11) is 1.33. The van der Waals surface area contributed by atoms with E-state index in [1.165, 1.54) is 7.11 Å². The fraction of sp³-hybridized carbons (Fsp3) is 0.500. The number of amides is 1. The molecule has 0 aliphatic carbocycles. The summed E-state index contributed by atoms with van der Waals surface area (Å²) in [5.41, 5.74) is 0.461. The van der Waals surface area contributed by atoms with Crippen molar-refractivity contribution >= 4 is 35.1 Å². The number of hydrogen-bond donors (Lipinski definition) is 0. The highest BCUT2D eigenvalue weighted by atomic mass is 35.5. The van der Waals surface area contributed by atoms with E-state index in [0.717, 1.165) is 6.42 Å². The molecule has 0 fully saturated rings. The molecule has 1 amide bonds. The molecule has 4 nitrogen and oxygen atoms in total. The largest absolute Gasteiger partial charge is 0.469 e. The van der Waals surface area contributed by atoms with Crippen molar-refractivity contribution in [3.8, 4) is 0 Å². The Balaban J connectivity index is 2.84. The van der Waals surface area contributed by atoms with Crippen molar-refractivity contribution in [2.24, 2.45) is 5.92 Å². The Morgan fingerprint density at radius 1 is 1.18 bits per heavy atom. The highest BCUT2D eigenvalue weighted by molar-refractivity contribution is 6.42. The maximum Gasteiger partial charge on any atom is 0.307 e. The van der Waals surface area contributed by atoms with Crippen molar-refractivity contribution in [2.45, 2.75) is 26.7 Å². The van der Waals surface area contributed by atoms with E-state index in [1.54, 1.807) is 23.1 Å². The van der Waals surface area contributed by atoms with Crippen molar-refractivity contribution in [1.29, 1.82) is 0 Å². The molecule has 1 aromatic carbocycles. The average molecular weight is 346 g/mol. The summed E-state index contributed by atoms with van der Waals surface area (Å²) in [6, 6.07) is 4.78. The Morgan fingerprint density at radius 2 is 1.86 bits per heavy atom. The summed E-state index contributed by atoms with van der Waals surface area (Å²) < 4.78 is 4.63. The molecule has 1 aromatic rings. The smallest absolute Gasteiger partial charge is 0.307 e. The molecule has 0 aromatic heterocycles. The second kappa shape index (κ2) is 9.01. The fourth-order valence-electron chi connectivity index (χ4n) is 1.87. The second-order valence-electron chi connectivity index (χ2n) is 5.43. The standard InChI is InChI=1S/C16H21Cl2NO3/c1-11(2)6-8-19(9-7-15(20)22-3)16(21)12-4-5-13(17)14(18)10-12/h4-5,10-11H,6-9H2,1-3H3. The third-order valence-electron chi connectivity index (χ3n) is 3.24. The number of nitrogens with zero attached hydrogens (tertiary/aromatic N) is 1. The van der Waals surface area contributed by atoms with Crippen molar-refractivity contribution in [2.75, 3.05) is 20.2 Å². The van der Waals surface area contributed by atoms with Crippen molar-refractivity contribution in [3.05, 3.63) is 33.8 Å². The first-order chi connectivity index (χ1) is 10.3. The lowest BCUT2D eigenvalue weighted by Gasteiger charge is -2.23. The first kappa shape index (κ1) is 18.8. The molecule has 0 bridgehead atoms. The fourth-order valence-corrected chi connectivity index (χ4v) is 2.17. The van der Waals surface area contributed by atoms with Crippen LogP contribution in [0, 0.1) is 5.92 Å². The Morgan fingerprint density at radius 3 is 2.41 bits per heavy atom. The van der Waals surface area contributed by atoms with Crippen LogP contribution in [0.3, 0.4) is 0 Å². The van der Waals surface area contributed by atoms with Gasteiger partial charge in [-0.2, -0.15) is 0 Å². The van der Waals surface area contributed by atoms with Gasteiger partial charge in [0.15, 0.2) is 0 Å². The number of benzene rings is 1. The van der Waals surface area contributed by atoms with Crippen LogP contribution in [0.2, 0.25) is 10.0 Å². The quantitative estimate of drug-likeness (QED) is 0.700. The lowest BCUT2D eigenvalue weighted by Crippen LogP contribution is -2.34. The minimum absolute atomic E-state index is 0.164. The Hall–Kier alpha value is -1.26. The lowest BCUT2D eigenvalue weighted by atomic mass is 10.1. The topological polar surface area (TPSA) is 46.6 Å². The van der Waals surface area contributed by atoms with Gasteiger partial charge in [-0.05, 0) is 30.5 Å². The third kappa shape index (κ3) is 5.85. The van der Waals surface area contributed by atoms with Gasteiger partial charge in [0.25, 0.3) is 5.91 Å². The van der Waals surface area contributed by atoms with Gasteiger partial charge >= 0.3 is 5.97 Å². The Kier molecular flexibility index (Phi) is 7.69. The molecular weight excluding hydrogens is 325 g/mol. The summed E-state index contributed by atoms with van der Waals surface area (Å²) in [5, 5.41) is 0.741. The van der Waals surface area contributed by atoms with Gasteiger partial charge in [-0.1, -0.05) is 37.0 Å². The summed E-state index contributed by atoms with van der Waals surface area (Å²) >= 11 is 11.8. The second-order valence-corrected chi connectivity index (χ2v) is 6.24. The zero-order chi connectivity index (χ0) is 16.7. The summed E-state index contributed by atoms with van der Waals surface area (Å²) in [6.07, 6.45) is 1.02. The van der Waals surface area contributed by atoms with Crippen LogP contribution in [0.1, 0.15) is 37.0 Å². The first-order valence-corrected chi connectivity index (χ1v) is 7.92. The van der Waals surface area contributed by atoms with Crippen LogP contribution < -0.4 is 0 Å². The van der Waals surface area contributed by atoms with E-state index >= 15 is 0 Å². The molecule has 0 saturated carbocycles. The maximum absolute atomic E-state index is 12.6. The number of carbonyl (C=O) groups is 2. The van der Waals surface area contributed by atoms with Crippen LogP contribution in [-0.4, -0.2) is 37.0 Å². The average Bonchev–Trinajstić information content (AvgIpc) is 2.48. The molecule has 122 valence electrons. The molecule has 22 heavy (non-hydrogen) atoms. The van der Waals surface area contributed by atoms with Gasteiger partial charge in [0.1, 0.15) is 0 Å². The predicted octanol–water partition coefficient (Wildman–Crippen LogP) is 4.04. The number of methoxy groups -OCH3 is 1. The van der Waals surface area contributed by atoms with E-state index in [2.05, 4.69) is 18.6 Å². The normalized spacial score (nSPS) is 10.6. The highest BCUT2D eigenvalue weighted by Gasteiger charge is 2.18. The zero-order valence-electron chi connectivity index (χ0n) is 13.1. The summed E-state index contributed by atoms with van der Waals surface area (Å²) in [4.78, 5) is 25.6. The van der Waals surface area contributed by atoms with Crippen molar-refractivity contribution in [1.82, 2.24) is 4.90 Å². The van der Waals surface area contributed by atoms with Gasteiger partial charge in [0.2, 0.25) is 0 Å². The van der Waals surface area contributed by atoms with E-state index < -0.39 is 0 Å². The molecule has 0 saturated heterocycles. The SMILES string of the molecule is COC(=O)CCN(CCC(C)C)C(=O)c1ccc(Cl)c(Cl)c1. The van der Waals surface area contributed by atoms with E-state index in [0.29, 0.717) is 34.6 Å². The van der Waals surface area contributed by atoms with E-state index in [1.807, 2.05) is 0 Å². The molecule has 0 aliphatic heterocycles. The first-order valence-electron chi connectivity index (χ1n) is 7.16. The highest BCUT2D eigenvalue weighted by Crippen LogP contribution is 2.23. The Bertz CT molecular complexity index is 532. The molecule has 0 aliphatic rings. The van der Waals surface area contributed by atoms with Crippen molar-refractivity contribution in [3.63, 3.8) is 0 Å². The van der Waals surface area contributed by atoms with Crippen molar-refractivity contribution < 1.29 is 14.3 Å². The van der Waals surface area contributed by atoms with Crippen LogP contribution in [-0.2, 0) is 9.53 Å². The summed E-state index contributed by atoms with van der Waals surface area (Å²) in [5.74, 6) is -0.0400. The minimum Gasteiger partial charge on any atom is -0.469 e. The number of carbonyl (C=O) groups excluding carboxylic acids is 2. The molecule has 0 N–H and O–H groups in total. The molecule has 0 unspecified atom stereocenters. The maximum atomic E-state index is 12.6. The van der Waals surface area contributed by atoms with Gasteiger partial charge in [-0.3, -0.25) is 9.59 Å². The number of rotatable bonds is 7. The van der Waals surface area contributed by atoms with Gasteiger partial charge in [-0.25, -0.2) is 0 Å². The van der Waals surface area contributed by atoms with Gasteiger partial charge in [0, 0.05) is 18.7 Å². The zero-order valence-corrected chi connectivity index (χ0v) is 14.6. The Labute approximate surface area is 141 Å². The minimum atomic E-state index is -0.337. The molecule has 0 heterocycles. The molecule has 6 heteroatoms. The van der Waals surface area contributed by atoms with Crippen LogP contribution >= 0.6 is 23.2 Å². The van der Waals surface area contributed by atoms with E-state index in [9.17, 15) is 9.59 Å². The van der Waals surface area contributed by atoms with E-state index in [-0.39, 0.29) is 18.3 Å². The number of esters is 1.